The maximum Gasteiger partial charge on any atom is 0.327 e. The fourth-order valence-electron chi connectivity index (χ4n) is 1.53. The van der Waals surface area contributed by atoms with Crippen LogP contribution in [0.15, 0.2) is 0 Å². The van der Waals surface area contributed by atoms with Gasteiger partial charge in [-0.2, -0.15) is 11.8 Å². The van der Waals surface area contributed by atoms with E-state index >= 15 is 0 Å². The molecule has 1 saturated heterocycles. The lowest BCUT2D eigenvalue weighted by molar-refractivity contribution is -0.148. The second kappa shape index (κ2) is 5.65. The van der Waals surface area contributed by atoms with Gasteiger partial charge in [0.2, 0.25) is 5.91 Å². The second-order valence-corrected chi connectivity index (χ2v) is 5.66. The quantitative estimate of drug-likeness (QED) is 0.809. The summed E-state index contributed by atoms with van der Waals surface area (Å²) in [6.07, 6.45) is 2.36. The van der Waals surface area contributed by atoms with Crippen LogP contribution in [-0.2, 0) is 9.59 Å². The molecule has 6 heteroatoms. The van der Waals surface area contributed by atoms with Gasteiger partial charge in [-0.25, -0.2) is 4.79 Å². The summed E-state index contributed by atoms with van der Waals surface area (Å²) >= 11 is 3.12. The Balaban J connectivity index is 2.63. The molecule has 1 aliphatic heterocycles. The van der Waals surface area contributed by atoms with E-state index in [0.717, 1.165) is 5.75 Å². The van der Waals surface area contributed by atoms with Crippen LogP contribution in [0.4, 0.5) is 0 Å². The molecule has 1 rings (SSSR count). The van der Waals surface area contributed by atoms with Gasteiger partial charge in [-0.3, -0.25) is 4.79 Å². The van der Waals surface area contributed by atoms with E-state index in [4.69, 9.17) is 5.11 Å². The highest BCUT2D eigenvalue weighted by molar-refractivity contribution is 8.00. The Labute approximate surface area is 97.8 Å². The van der Waals surface area contributed by atoms with E-state index in [0.29, 0.717) is 12.2 Å². The smallest absolute Gasteiger partial charge is 0.327 e. The Morgan fingerprint density at radius 1 is 1.60 bits per heavy atom. The highest BCUT2D eigenvalue weighted by Crippen LogP contribution is 2.29. The summed E-state index contributed by atoms with van der Waals surface area (Å²) in [6, 6.07) is -0.639. The van der Waals surface area contributed by atoms with E-state index in [2.05, 4.69) is 0 Å². The third kappa shape index (κ3) is 3.04. The summed E-state index contributed by atoms with van der Waals surface area (Å²) in [7, 11) is 0. The number of hydrogen-bond acceptors (Lipinski definition) is 4. The topological polar surface area (TPSA) is 57.6 Å². The molecule has 0 spiro atoms. The van der Waals surface area contributed by atoms with Crippen LogP contribution in [0.1, 0.15) is 13.3 Å². The number of carbonyl (C=O) groups is 2. The van der Waals surface area contributed by atoms with E-state index in [1.54, 1.807) is 11.8 Å². The number of thioether (sulfide) groups is 2. The molecule has 0 saturated carbocycles. The summed E-state index contributed by atoms with van der Waals surface area (Å²) in [5, 5.41) is 8.95. The number of carboxylic acids is 1. The van der Waals surface area contributed by atoms with E-state index in [1.165, 1.54) is 16.7 Å². The molecule has 0 aliphatic carbocycles. The van der Waals surface area contributed by atoms with Crippen molar-refractivity contribution in [1.82, 2.24) is 4.90 Å². The summed E-state index contributed by atoms with van der Waals surface area (Å²) in [5.41, 5.74) is 0. The van der Waals surface area contributed by atoms with Crippen LogP contribution in [-0.4, -0.2) is 51.1 Å². The van der Waals surface area contributed by atoms with E-state index in [9.17, 15) is 9.59 Å². The standard InChI is InChI=1S/C9H15NO3S2/c1-6-10(8(11)3-4-14-2)7(5-15-6)9(12)13/h6-7H,3-5H2,1-2H3,(H,12,13). The van der Waals surface area contributed by atoms with Crippen molar-refractivity contribution in [3.8, 4) is 0 Å². The molecule has 1 heterocycles. The summed E-state index contributed by atoms with van der Waals surface area (Å²) in [4.78, 5) is 24.2. The molecule has 0 aromatic heterocycles. The Morgan fingerprint density at radius 2 is 2.27 bits per heavy atom. The summed E-state index contributed by atoms with van der Waals surface area (Å²) < 4.78 is 0. The van der Waals surface area contributed by atoms with Crippen molar-refractivity contribution in [2.45, 2.75) is 24.8 Å². The molecule has 15 heavy (non-hydrogen) atoms. The van der Waals surface area contributed by atoms with Gasteiger partial charge in [-0.1, -0.05) is 0 Å². The van der Waals surface area contributed by atoms with Crippen molar-refractivity contribution < 1.29 is 14.7 Å². The molecular formula is C9H15NO3S2. The molecule has 0 bridgehead atoms. The first-order chi connectivity index (χ1) is 7.07. The first-order valence-corrected chi connectivity index (χ1v) is 7.16. The Morgan fingerprint density at radius 3 is 2.80 bits per heavy atom. The normalized spacial score (nSPS) is 25.6. The molecule has 1 fully saturated rings. The first-order valence-electron chi connectivity index (χ1n) is 4.72. The first kappa shape index (κ1) is 12.7. The van der Waals surface area contributed by atoms with Crippen LogP contribution < -0.4 is 0 Å². The van der Waals surface area contributed by atoms with Crippen LogP contribution >= 0.6 is 23.5 Å². The second-order valence-electron chi connectivity index (χ2n) is 3.33. The number of amides is 1. The predicted octanol–water partition coefficient (Wildman–Crippen LogP) is 1.11. The maximum atomic E-state index is 11.8. The van der Waals surface area contributed by atoms with E-state index in [1.807, 2.05) is 13.2 Å². The molecule has 2 unspecified atom stereocenters. The van der Waals surface area contributed by atoms with Gasteiger partial charge in [0.05, 0.1) is 5.37 Å². The van der Waals surface area contributed by atoms with Gasteiger partial charge >= 0.3 is 5.97 Å². The van der Waals surface area contributed by atoms with Crippen molar-refractivity contribution in [3.63, 3.8) is 0 Å². The molecule has 0 aromatic rings. The highest BCUT2D eigenvalue weighted by atomic mass is 32.2. The van der Waals surface area contributed by atoms with Crippen molar-refractivity contribution in [2.75, 3.05) is 17.8 Å². The zero-order valence-corrected chi connectivity index (χ0v) is 10.4. The summed E-state index contributed by atoms with van der Waals surface area (Å²) in [6.45, 7) is 1.88. The van der Waals surface area contributed by atoms with Crippen LogP contribution in [0.25, 0.3) is 0 Å². The number of rotatable bonds is 4. The highest BCUT2D eigenvalue weighted by Gasteiger charge is 2.38. The van der Waals surface area contributed by atoms with Gasteiger partial charge < -0.3 is 10.0 Å². The Bertz CT molecular complexity index is 260. The number of hydrogen-bond donors (Lipinski definition) is 1. The number of carbonyl (C=O) groups excluding carboxylic acids is 1. The van der Waals surface area contributed by atoms with Crippen molar-refractivity contribution in [1.29, 1.82) is 0 Å². The third-order valence-corrected chi connectivity index (χ3v) is 4.15. The van der Waals surface area contributed by atoms with Gasteiger partial charge in [0.1, 0.15) is 6.04 Å². The monoisotopic (exact) mass is 249 g/mol. The van der Waals surface area contributed by atoms with Gasteiger partial charge in [-0.05, 0) is 13.2 Å². The minimum Gasteiger partial charge on any atom is -0.480 e. The SMILES string of the molecule is CSCCC(=O)N1C(C)SCC1C(=O)O. The lowest BCUT2D eigenvalue weighted by Gasteiger charge is -2.24. The average Bonchev–Trinajstić information content (AvgIpc) is 2.56. The molecule has 86 valence electrons. The molecule has 4 nitrogen and oxygen atoms in total. The largest absolute Gasteiger partial charge is 0.480 e. The minimum absolute atomic E-state index is 0.0135. The van der Waals surface area contributed by atoms with E-state index in [-0.39, 0.29) is 11.3 Å². The number of aliphatic carboxylic acids is 1. The Hall–Kier alpha value is -0.360. The van der Waals surface area contributed by atoms with Crippen LogP contribution in [0, 0.1) is 0 Å². The van der Waals surface area contributed by atoms with Gasteiger partial charge in [-0.15, -0.1) is 11.8 Å². The lowest BCUT2D eigenvalue weighted by Crippen LogP contribution is -2.44. The van der Waals surface area contributed by atoms with Crippen molar-refractivity contribution in [2.24, 2.45) is 0 Å². The van der Waals surface area contributed by atoms with Crippen molar-refractivity contribution >= 4 is 35.4 Å². The minimum atomic E-state index is -0.899. The summed E-state index contributed by atoms with van der Waals surface area (Å²) in [5.74, 6) is 0.305. The van der Waals surface area contributed by atoms with Crippen LogP contribution in [0.5, 0.6) is 0 Å². The zero-order valence-electron chi connectivity index (χ0n) is 8.80. The van der Waals surface area contributed by atoms with Crippen LogP contribution in [0.2, 0.25) is 0 Å². The molecular weight excluding hydrogens is 234 g/mol. The zero-order chi connectivity index (χ0) is 11.4. The fraction of sp³-hybridized carbons (Fsp3) is 0.778. The van der Waals surface area contributed by atoms with Gasteiger partial charge in [0.15, 0.2) is 0 Å². The lowest BCUT2D eigenvalue weighted by atomic mass is 10.2. The predicted molar refractivity (Wildman–Crippen MR) is 63.2 cm³/mol. The number of nitrogens with zero attached hydrogens (tertiary/aromatic N) is 1. The maximum absolute atomic E-state index is 11.8. The number of carboxylic acid groups (broad SMARTS) is 1. The fourth-order valence-corrected chi connectivity index (χ4v) is 3.10. The third-order valence-electron chi connectivity index (χ3n) is 2.32. The van der Waals surface area contributed by atoms with Gasteiger partial charge in [0.25, 0.3) is 0 Å². The van der Waals surface area contributed by atoms with Crippen LogP contribution in [0.3, 0.4) is 0 Å². The van der Waals surface area contributed by atoms with E-state index < -0.39 is 12.0 Å². The van der Waals surface area contributed by atoms with Gasteiger partial charge in [0, 0.05) is 17.9 Å². The molecule has 2 atom stereocenters. The molecule has 1 aliphatic rings. The van der Waals surface area contributed by atoms with Crippen molar-refractivity contribution in [3.05, 3.63) is 0 Å². The molecule has 0 radical (unpaired) electrons. The molecule has 0 aromatic carbocycles. The molecule has 1 amide bonds. The average molecular weight is 249 g/mol. The molecule has 1 N–H and O–H groups in total. The Kier molecular flexibility index (Phi) is 4.79.